The fraction of sp³-hybridized carbons (Fsp3) is 0.333. The van der Waals surface area contributed by atoms with Crippen LogP contribution in [0, 0.1) is 5.92 Å². The lowest BCUT2D eigenvalue weighted by molar-refractivity contribution is 0.636. The second-order valence-electron chi connectivity index (χ2n) is 4.28. The Morgan fingerprint density at radius 2 is 2.19 bits per heavy atom. The molecule has 1 N–H and O–H groups in total. The first-order chi connectivity index (χ1) is 7.56. The highest BCUT2D eigenvalue weighted by Crippen LogP contribution is 2.20. The van der Waals surface area contributed by atoms with Crippen molar-refractivity contribution in [3.63, 3.8) is 0 Å². The zero-order chi connectivity index (χ0) is 11.7. The summed E-state index contributed by atoms with van der Waals surface area (Å²) in [6.07, 6.45) is 0.814. The van der Waals surface area contributed by atoms with Crippen molar-refractivity contribution < 1.29 is 0 Å². The first kappa shape index (κ1) is 11.1. The fourth-order valence-corrected chi connectivity index (χ4v) is 1.92. The van der Waals surface area contributed by atoms with Crippen LogP contribution in [-0.4, -0.2) is 9.97 Å². The molecule has 0 aliphatic rings. The number of hydrogen-bond donors (Lipinski definition) is 1. The third-order valence-electron chi connectivity index (χ3n) is 2.38. The minimum Gasteiger partial charge on any atom is -0.309 e. The number of fused-ring (bicyclic) bond motifs is 1. The van der Waals surface area contributed by atoms with E-state index in [1.54, 1.807) is 12.1 Å². The van der Waals surface area contributed by atoms with Gasteiger partial charge in [-0.15, -0.1) is 0 Å². The molecule has 84 valence electrons. The summed E-state index contributed by atoms with van der Waals surface area (Å²) >= 11 is 5.95. The van der Waals surface area contributed by atoms with E-state index in [2.05, 4.69) is 23.8 Å². The number of H-pyrrole nitrogens is 1. The molecule has 1 heterocycles. The Kier molecular flexibility index (Phi) is 2.97. The van der Waals surface area contributed by atoms with Crippen molar-refractivity contribution in [2.45, 2.75) is 20.3 Å². The highest BCUT2D eigenvalue weighted by atomic mass is 35.5. The van der Waals surface area contributed by atoms with Crippen molar-refractivity contribution in [2.24, 2.45) is 5.92 Å². The topological polar surface area (TPSA) is 45.8 Å². The van der Waals surface area contributed by atoms with Gasteiger partial charge in [0.15, 0.2) is 0 Å². The number of halogens is 1. The largest absolute Gasteiger partial charge is 0.345 e. The van der Waals surface area contributed by atoms with Crippen molar-refractivity contribution in [3.05, 3.63) is 39.4 Å². The van der Waals surface area contributed by atoms with Crippen molar-refractivity contribution >= 4 is 22.5 Å². The van der Waals surface area contributed by atoms with E-state index in [9.17, 15) is 4.79 Å². The number of rotatable bonds is 2. The Bertz CT molecular complexity index is 575. The molecule has 0 saturated heterocycles. The normalized spacial score (nSPS) is 11.2. The maximum absolute atomic E-state index is 11.4. The average molecular weight is 237 g/mol. The lowest BCUT2D eigenvalue weighted by Crippen LogP contribution is -2.14. The third kappa shape index (κ3) is 2.25. The Labute approximate surface area is 98.5 Å². The first-order valence-corrected chi connectivity index (χ1v) is 5.62. The smallest absolute Gasteiger partial charge is 0.309 e. The Morgan fingerprint density at radius 3 is 2.88 bits per heavy atom. The van der Waals surface area contributed by atoms with Crippen LogP contribution in [0.3, 0.4) is 0 Å². The standard InChI is InChI=1S/C12H13ClN2O/c1-7(2)5-11-9-6-8(13)3-4-10(9)14-12(16)15-11/h3-4,6-7H,5H2,1-2H3,(H,14,15,16). The molecule has 0 fully saturated rings. The molecule has 2 rings (SSSR count). The van der Waals surface area contributed by atoms with E-state index in [0.29, 0.717) is 16.5 Å². The summed E-state index contributed by atoms with van der Waals surface area (Å²) < 4.78 is 0. The number of hydrogen-bond acceptors (Lipinski definition) is 2. The molecule has 0 aliphatic heterocycles. The Balaban J connectivity index is 2.69. The summed E-state index contributed by atoms with van der Waals surface area (Å²) in [5, 5.41) is 1.59. The Morgan fingerprint density at radius 1 is 1.44 bits per heavy atom. The van der Waals surface area contributed by atoms with Crippen LogP contribution in [0.4, 0.5) is 0 Å². The summed E-state index contributed by atoms with van der Waals surface area (Å²) in [5.74, 6) is 0.472. The summed E-state index contributed by atoms with van der Waals surface area (Å²) in [6, 6.07) is 5.36. The lowest BCUT2D eigenvalue weighted by Gasteiger charge is -2.08. The van der Waals surface area contributed by atoms with Gasteiger partial charge in [0.1, 0.15) is 0 Å². The van der Waals surface area contributed by atoms with E-state index in [1.807, 2.05) is 6.07 Å². The van der Waals surface area contributed by atoms with Crippen LogP contribution in [0.2, 0.25) is 5.02 Å². The second kappa shape index (κ2) is 4.26. The maximum atomic E-state index is 11.4. The van der Waals surface area contributed by atoms with Gasteiger partial charge in [0.2, 0.25) is 0 Å². The van der Waals surface area contributed by atoms with Crippen LogP contribution < -0.4 is 5.69 Å². The molecule has 0 amide bonds. The van der Waals surface area contributed by atoms with Crippen molar-refractivity contribution in [1.29, 1.82) is 0 Å². The molecule has 1 aromatic heterocycles. The van der Waals surface area contributed by atoms with Gasteiger partial charge >= 0.3 is 5.69 Å². The predicted octanol–water partition coefficient (Wildman–Crippen LogP) is 2.78. The van der Waals surface area contributed by atoms with Crippen molar-refractivity contribution in [2.75, 3.05) is 0 Å². The minimum atomic E-state index is -0.300. The molecule has 16 heavy (non-hydrogen) atoms. The zero-order valence-electron chi connectivity index (χ0n) is 9.25. The fourth-order valence-electron chi connectivity index (χ4n) is 1.75. The first-order valence-electron chi connectivity index (χ1n) is 5.24. The van der Waals surface area contributed by atoms with Crippen LogP contribution in [0.1, 0.15) is 19.5 Å². The molecular formula is C12H13ClN2O. The number of aromatic amines is 1. The molecule has 0 radical (unpaired) electrons. The van der Waals surface area contributed by atoms with Gasteiger partial charge < -0.3 is 4.98 Å². The van der Waals surface area contributed by atoms with E-state index < -0.39 is 0 Å². The van der Waals surface area contributed by atoms with E-state index in [-0.39, 0.29) is 5.69 Å². The van der Waals surface area contributed by atoms with Gasteiger partial charge in [0.05, 0.1) is 5.52 Å². The zero-order valence-corrected chi connectivity index (χ0v) is 10.0. The molecule has 0 bridgehead atoms. The van der Waals surface area contributed by atoms with E-state index in [0.717, 1.165) is 17.5 Å². The monoisotopic (exact) mass is 236 g/mol. The van der Waals surface area contributed by atoms with Crippen LogP contribution in [0.25, 0.3) is 10.9 Å². The molecule has 0 unspecified atom stereocenters. The summed E-state index contributed by atoms with van der Waals surface area (Å²) in [6.45, 7) is 4.21. The highest BCUT2D eigenvalue weighted by Gasteiger charge is 2.07. The molecule has 2 aromatic rings. The molecule has 1 aromatic carbocycles. The van der Waals surface area contributed by atoms with Gasteiger partial charge in [-0.1, -0.05) is 25.4 Å². The van der Waals surface area contributed by atoms with Crippen LogP contribution >= 0.6 is 11.6 Å². The maximum Gasteiger partial charge on any atom is 0.345 e. The number of benzene rings is 1. The SMILES string of the molecule is CC(C)Cc1[nH]c(=O)nc2ccc(Cl)cc12. The number of aromatic nitrogens is 2. The summed E-state index contributed by atoms with van der Waals surface area (Å²) in [7, 11) is 0. The number of nitrogens with zero attached hydrogens (tertiary/aromatic N) is 1. The van der Waals surface area contributed by atoms with E-state index >= 15 is 0 Å². The van der Waals surface area contributed by atoms with Gasteiger partial charge in [0, 0.05) is 16.1 Å². The molecule has 0 atom stereocenters. The van der Waals surface area contributed by atoms with Crippen molar-refractivity contribution in [1.82, 2.24) is 9.97 Å². The highest BCUT2D eigenvalue weighted by molar-refractivity contribution is 6.31. The molecule has 4 heteroatoms. The summed E-state index contributed by atoms with van der Waals surface area (Å²) in [4.78, 5) is 18.1. The van der Waals surface area contributed by atoms with Gasteiger partial charge in [-0.3, -0.25) is 0 Å². The van der Waals surface area contributed by atoms with Crippen LogP contribution in [0.5, 0.6) is 0 Å². The quantitative estimate of drug-likeness (QED) is 0.872. The molecule has 0 spiro atoms. The lowest BCUT2D eigenvalue weighted by atomic mass is 10.0. The van der Waals surface area contributed by atoms with Gasteiger partial charge in [-0.05, 0) is 30.5 Å². The minimum absolute atomic E-state index is 0.300. The van der Waals surface area contributed by atoms with Crippen molar-refractivity contribution in [3.8, 4) is 0 Å². The molecular weight excluding hydrogens is 224 g/mol. The summed E-state index contributed by atoms with van der Waals surface area (Å²) in [5.41, 5.74) is 1.31. The van der Waals surface area contributed by atoms with Crippen LogP contribution in [-0.2, 0) is 6.42 Å². The molecule has 0 aliphatic carbocycles. The number of nitrogens with one attached hydrogen (secondary N) is 1. The van der Waals surface area contributed by atoms with Gasteiger partial charge in [-0.2, -0.15) is 4.98 Å². The van der Waals surface area contributed by atoms with E-state index in [1.165, 1.54) is 0 Å². The van der Waals surface area contributed by atoms with Gasteiger partial charge in [0.25, 0.3) is 0 Å². The van der Waals surface area contributed by atoms with Crippen LogP contribution in [0.15, 0.2) is 23.0 Å². The molecule has 3 nitrogen and oxygen atoms in total. The third-order valence-corrected chi connectivity index (χ3v) is 2.61. The van der Waals surface area contributed by atoms with Gasteiger partial charge in [-0.25, -0.2) is 4.79 Å². The molecule has 0 saturated carbocycles. The Hall–Kier alpha value is -1.35. The van der Waals surface area contributed by atoms with E-state index in [4.69, 9.17) is 11.6 Å². The second-order valence-corrected chi connectivity index (χ2v) is 4.72. The average Bonchev–Trinajstić information content (AvgIpc) is 2.18. The predicted molar refractivity (Wildman–Crippen MR) is 65.9 cm³/mol.